The van der Waals surface area contributed by atoms with Gasteiger partial charge in [0.15, 0.2) is 5.78 Å². The van der Waals surface area contributed by atoms with E-state index in [0.29, 0.717) is 38.7 Å². The number of fused-ring (bicyclic) bond motifs is 4. The fourth-order valence-corrected chi connectivity index (χ4v) is 9.26. The van der Waals surface area contributed by atoms with Crippen molar-refractivity contribution in [2.45, 2.75) is 31.1 Å². The maximum absolute atomic E-state index is 15.2. The van der Waals surface area contributed by atoms with Crippen LogP contribution in [0.5, 0.6) is 5.75 Å². The standard InChI is InChI=1S/C40H30Cl2FN3O6/c1-20(47)21-2-12-26(13-3-21)45-36(49)30-17-16-28-31(34(30)38(45)51)19-32-37(50)46(44-25-10-8-24(43)9-11-25)39(52)40(32,22-4-6-23(41)7-5-22)35(28)29-15-14-27(48)18-33(29)42/h2-16,18,30-32,34-35,44,48H,17,19H2,1H3/t30-,31+,32-,34-,35+,40+/m0/s1. The summed E-state index contributed by atoms with van der Waals surface area (Å²) in [5.74, 6) is -6.96. The number of hydrazine groups is 1. The largest absolute Gasteiger partial charge is 0.508 e. The highest BCUT2D eigenvalue weighted by atomic mass is 35.5. The van der Waals surface area contributed by atoms with E-state index in [1.54, 1.807) is 54.6 Å². The van der Waals surface area contributed by atoms with Crippen LogP contribution in [0.2, 0.25) is 10.0 Å². The first-order valence-electron chi connectivity index (χ1n) is 16.8. The van der Waals surface area contributed by atoms with E-state index >= 15 is 4.79 Å². The Bertz CT molecular complexity index is 2230. The summed E-state index contributed by atoms with van der Waals surface area (Å²) < 4.78 is 13.8. The topological polar surface area (TPSA) is 124 Å². The molecule has 2 aliphatic heterocycles. The molecule has 2 aliphatic carbocycles. The van der Waals surface area contributed by atoms with Crippen LogP contribution in [0, 0.1) is 29.5 Å². The summed E-state index contributed by atoms with van der Waals surface area (Å²) in [6.07, 6.45) is 2.13. The van der Waals surface area contributed by atoms with Crippen molar-refractivity contribution >= 4 is 64.0 Å². The van der Waals surface area contributed by atoms with Gasteiger partial charge >= 0.3 is 0 Å². The van der Waals surface area contributed by atoms with E-state index in [9.17, 15) is 28.7 Å². The molecule has 0 bridgehead atoms. The summed E-state index contributed by atoms with van der Waals surface area (Å²) >= 11 is 13.2. The number of nitrogens with zero attached hydrogens (tertiary/aromatic N) is 2. The molecule has 4 aliphatic rings. The number of phenolic OH excluding ortho intramolecular Hbond substituents is 1. The predicted molar refractivity (Wildman–Crippen MR) is 191 cm³/mol. The van der Waals surface area contributed by atoms with Crippen LogP contribution in [0.25, 0.3) is 0 Å². The van der Waals surface area contributed by atoms with Gasteiger partial charge in [-0.25, -0.2) is 4.39 Å². The first kappa shape index (κ1) is 33.8. The number of anilines is 2. The molecule has 262 valence electrons. The van der Waals surface area contributed by atoms with Crippen molar-refractivity contribution in [1.82, 2.24) is 5.01 Å². The van der Waals surface area contributed by atoms with Crippen molar-refractivity contribution in [3.8, 4) is 5.75 Å². The molecule has 2 heterocycles. The van der Waals surface area contributed by atoms with Crippen LogP contribution in [0.15, 0.2) is 103 Å². The number of ketones is 1. The Morgan fingerprint density at radius 1 is 0.865 bits per heavy atom. The lowest BCUT2D eigenvalue weighted by Crippen LogP contribution is -2.53. The van der Waals surface area contributed by atoms with Crippen LogP contribution < -0.4 is 10.3 Å². The van der Waals surface area contributed by atoms with Gasteiger partial charge in [-0.2, -0.15) is 5.01 Å². The second-order valence-electron chi connectivity index (χ2n) is 13.7. The van der Waals surface area contributed by atoms with E-state index in [0.717, 1.165) is 9.91 Å². The molecule has 0 aromatic heterocycles. The number of carbonyl (C=O) groups is 5. The zero-order valence-electron chi connectivity index (χ0n) is 27.6. The van der Waals surface area contributed by atoms with Gasteiger partial charge in [-0.3, -0.25) is 34.3 Å². The molecule has 12 heteroatoms. The molecular formula is C40H30Cl2FN3O6. The molecule has 1 saturated carbocycles. The van der Waals surface area contributed by atoms with Crippen molar-refractivity contribution in [2.24, 2.45) is 23.7 Å². The van der Waals surface area contributed by atoms with Gasteiger partial charge in [0, 0.05) is 21.5 Å². The summed E-state index contributed by atoms with van der Waals surface area (Å²) in [5.41, 5.74) is 3.98. The van der Waals surface area contributed by atoms with Gasteiger partial charge in [-0.15, -0.1) is 0 Å². The van der Waals surface area contributed by atoms with Crippen LogP contribution in [0.4, 0.5) is 15.8 Å². The monoisotopic (exact) mass is 737 g/mol. The summed E-state index contributed by atoms with van der Waals surface area (Å²) in [7, 11) is 0. The molecule has 3 fully saturated rings. The van der Waals surface area contributed by atoms with E-state index in [-0.39, 0.29) is 35.3 Å². The van der Waals surface area contributed by atoms with Crippen LogP contribution in [-0.2, 0) is 24.6 Å². The van der Waals surface area contributed by atoms with Crippen LogP contribution in [0.3, 0.4) is 0 Å². The van der Waals surface area contributed by atoms with Gasteiger partial charge in [-0.1, -0.05) is 53.1 Å². The number of rotatable bonds is 6. The van der Waals surface area contributed by atoms with Gasteiger partial charge in [0.1, 0.15) is 11.6 Å². The number of aromatic hydroxyl groups is 1. The Labute approximate surface area is 307 Å². The zero-order valence-corrected chi connectivity index (χ0v) is 29.1. The molecule has 2 N–H and O–H groups in total. The van der Waals surface area contributed by atoms with Crippen molar-refractivity contribution in [3.63, 3.8) is 0 Å². The Morgan fingerprint density at radius 2 is 1.56 bits per heavy atom. The zero-order chi connectivity index (χ0) is 36.6. The number of Topliss-reactive ketones (excluding diaryl/α,β-unsaturated/α-hetero) is 1. The molecule has 0 radical (unpaired) electrons. The molecule has 0 unspecified atom stereocenters. The molecule has 0 spiro atoms. The van der Waals surface area contributed by atoms with E-state index in [1.165, 1.54) is 43.3 Å². The van der Waals surface area contributed by atoms with Crippen LogP contribution >= 0.6 is 23.2 Å². The average Bonchev–Trinajstić information content (AvgIpc) is 3.50. The van der Waals surface area contributed by atoms with E-state index < -0.39 is 58.5 Å². The molecule has 8 rings (SSSR count). The predicted octanol–water partition coefficient (Wildman–Crippen LogP) is 7.23. The molecule has 4 amide bonds. The Hall–Kier alpha value is -5.32. The minimum atomic E-state index is -1.61. The maximum atomic E-state index is 15.2. The third-order valence-electron chi connectivity index (χ3n) is 11.1. The highest BCUT2D eigenvalue weighted by Crippen LogP contribution is 2.65. The van der Waals surface area contributed by atoms with Crippen molar-refractivity contribution in [1.29, 1.82) is 0 Å². The van der Waals surface area contributed by atoms with Crippen molar-refractivity contribution in [2.75, 3.05) is 10.3 Å². The van der Waals surface area contributed by atoms with Crippen LogP contribution in [-0.4, -0.2) is 39.5 Å². The normalized spacial score (nSPS) is 26.5. The Kier molecular flexibility index (Phi) is 8.08. The smallest absolute Gasteiger partial charge is 0.260 e. The minimum Gasteiger partial charge on any atom is -0.508 e. The van der Waals surface area contributed by atoms with Crippen molar-refractivity contribution in [3.05, 3.63) is 135 Å². The average molecular weight is 739 g/mol. The van der Waals surface area contributed by atoms with Crippen LogP contribution in [0.1, 0.15) is 47.2 Å². The first-order chi connectivity index (χ1) is 24.9. The quantitative estimate of drug-likeness (QED) is 0.122. The van der Waals surface area contributed by atoms with Crippen molar-refractivity contribution < 1.29 is 33.5 Å². The van der Waals surface area contributed by atoms with Gasteiger partial charge < -0.3 is 5.11 Å². The highest BCUT2D eigenvalue weighted by molar-refractivity contribution is 6.32. The minimum absolute atomic E-state index is 0.0458. The number of allylic oxidation sites excluding steroid dienone is 2. The number of hydrogen-bond donors (Lipinski definition) is 2. The molecular weight excluding hydrogens is 708 g/mol. The van der Waals surface area contributed by atoms with Gasteiger partial charge in [-0.05, 0) is 110 Å². The van der Waals surface area contributed by atoms with E-state index in [1.807, 2.05) is 6.08 Å². The number of amides is 4. The van der Waals surface area contributed by atoms with E-state index in [4.69, 9.17) is 23.2 Å². The number of carbonyl (C=O) groups excluding carboxylic acids is 5. The summed E-state index contributed by atoms with van der Waals surface area (Å²) in [5, 5.41) is 11.9. The molecule has 52 heavy (non-hydrogen) atoms. The lowest BCUT2D eigenvalue weighted by molar-refractivity contribution is -0.138. The molecule has 6 atom stereocenters. The van der Waals surface area contributed by atoms with Gasteiger partial charge in [0.05, 0.1) is 34.5 Å². The maximum Gasteiger partial charge on any atom is 0.260 e. The lowest BCUT2D eigenvalue weighted by atomic mass is 9.49. The third-order valence-corrected chi connectivity index (χ3v) is 11.7. The molecule has 2 saturated heterocycles. The van der Waals surface area contributed by atoms with E-state index in [2.05, 4.69) is 5.43 Å². The number of hydrogen-bond acceptors (Lipinski definition) is 7. The second-order valence-corrected chi connectivity index (χ2v) is 14.5. The summed E-state index contributed by atoms with van der Waals surface area (Å²) in [4.78, 5) is 71.5. The van der Waals surface area contributed by atoms with Gasteiger partial charge in [0.25, 0.3) is 11.8 Å². The Morgan fingerprint density at radius 3 is 2.21 bits per heavy atom. The number of imide groups is 2. The number of phenols is 1. The Balaban J connectivity index is 1.31. The summed E-state index contributed by atoms with van der Waals surface area (Å²) in [6, 6.07) is 22.6. The SMILES string of the molecule is CC(=O)c1ccc(N2C(=O)[C@H]3[C@H](CC=C4[C@H]3C[C@H]3C(=O)N(Nc5ccc(F)cc5)C(=O)[C@@]3(c3ccc(Cl)cc3)[C@H]4c3ccc(O)cc3Cl)C2=O)cc1. The number of benzene rings is 4. The number of halogens is 3. The first-order valence-corrected chi connectivity index (χ1v) is 17.5. The molecule has 4 aromatic rings. The fourth-order valence-electron chi connectivity index (χ4n) is 8.85. The second kappa shape index (κ2) is 12.4. The highest BCUT2D eigenvalue weighted by Gasteiger charge is 2.70. The number of nitrogens with one attached hydrogen (secondary N) is 1. The molecule has 9 nitrogen and oxygen atoms in total. The fraction of sp³-hybridized carbons (Fsp3) is 0.225. The van der Waals surface area contributed by atoms with Gasteiger partial charge in [0.2, 0.25) is 11.8 Å². The molecule has 4 aromatic carbocycles. The summed E-state index contributed by atoms with van der Waals surface area (Å²) in [6.45, 7) is 1.43. The lowest BCUT2D eigenvalue weighted by Gasteiger charge is -2.50. The third kappa shape index (κ3) is 4.99.